The summed E-state index contributed by atoms with van der Waals surface area (Å²) >= 11 is 1.92. The molecule has 1 N–H and O–H groups in total. The predicted molar refractivity (Wildman–Crippen MR) is 84.0 cm³/mol. The number of fused-ring (bicyclic) bond motifs is 1. The molecular weight excluding hydrogens is 250 g/mol. The van der Waals surface area contributed by atoms with E-state index in [1.54, 1.807) is 0 Å². The Labute approximate surface area is 119 Å². The van der Waals surface area contributed by atoms with E-state index in [1.165, 1.54) is 40.1 Å². The van der Waals surface area contributed by atoms with Crippen LogP contribution in [-0.2, 0) is 12.2 Å². The highest BCUT2D eigenvalue weighted by atomic mass is 32.2. The fourth-order valence-electron chi connectivity index (χ4n) is 2.39. The molecular formula is C17H19NS. The first-order valence-electron chi connectivity index (χ1n) is 6.86. The Hall–Kier alpha value is -1.41. The fourth-order valence-corrected chi connectivity index (χ4v) is 3.31. The molecule has 0 unspecified atom stereocenters. The van der Waals surface area contributed by atoms with Crippen molar-refractivity contribution >= 4 is 17.4 Å². The van der Waals surface area contributed by atoms with Crippen LogP contribution < -0.4 is 5.32 Å². The van der Waals surface area contributed by atoms with E-state index >= 15 is 0 Å². The van der Waals surface area contributed by atoms with Crippen molar-refractivity contribution in [2.24, 2.45) is 0 Å². The van der Waals surface area contributed by atoms with Gasteiger partial charge in [0.2, 0.25) is 0 Å². The molecule has 3 rings (SSSR count). The number of thioether (sulfide) groups is 1. The minimum absolute atomic E-state index is 1.05. The highest BCUT2D eigenvalue weighted by Crippen LogP contribution is 2.29. The van der Waals surface area contributed by atoms with Gasteiger partial charge in [0.05, 0.1) is 0 Å². The minimum Gasteiger partial charge on any atom is -0.385 e. The van der Waals surface area contributed by atoms with Crippen LogP contribution in [0.3, 0.4) is 0 Å². The van der Waals surface area contributed by atoms with Gasteiger partial charge in [0.15, 0.2) is 0 Å². The SMILES string of the molecule is Cc1ccc(CSc2ccc3c(c2)CCCN3)cc1. The lowest BCUT2D eigenvalue weighted by molar-refractivity contribution is 0.827. The molecule has 0 radical (unpaired) electrons. The van der Waals surface area contributed by atoms with Crippen LogP contribution in [0.4, 0.5) is 5.69 Å². The molecule has 19 heavy (non-hydrogen) atoms. The van der Waals surface area contributed by atoms with Gasteiger partial charge >= 0.3 is 0 Å². The molecule has 0 saturated heterocycles. The molecule has 1 aliphatic rings. The van der Waals surface area contributed by atoms with Gasteiger partial charge in [-0.25, -0.2) is 0 Å². The normalized spacial score (nSPS) is 13.7. The van der Waals surface area contributed by atoms with Crippen LogP contribution in [0.2, 0.25) is 0 Å². The zero-order valence-corrected chi connectivity index (χ0v) is 12.1. The number of rotatable bonds is 3. The maximum Gasteiger partial charge on any atom is 0.0373 e. The van der Waals surface area contributed by atoms with Crippen molar-refractivity contribution in [3.05, 3.63) is 59.2 Å². The molecule has 0 bridgehead atoms. The van der Waals surface area contributed by atoms with E-state index in [2.05, 4.69) is 54.7 Å². The van der Waals surface area contributed by atoms with E-state index in [0.717, 1.165) is 12.3 Å². The summed E-state index contributed by atoms with van der Waals surface area (Å²) < 4.78 is 0. The topological polar surface area (TPSA) is 12.0 Å². The molecule has 98 valence electrons. The van der Waals surface area contributed by atoms with Gasteiger partial charge in [0.25, 0.3) is 0 Å². The Balaban J connectivity index is 1.68. The lowest BCUT2D eigenvalue weighted by Gasteiger charge is -2.18. The van der Waals surface area contributed by atoms with Crippen molar-refractivity contribution in [2.75, 3.05) is 11.9 Å². The third-order valence-electron chi connectivity index (χ3n) is 3.54. The standard InChI is InChI=1S/C17H19NS/c1-13-4-6-14(7-5-13)12-19-16-8-9-17-15(11-16)3-2-10-18-17/h4-9,11,18H,2-3,10,12H2,1H3. The third kappa shape index (κ3) is 3.13. The first-order valence-corrected chi connectivity index (χ1v) is 7.85. The van der Waals surface area contributed by atoms with E-state index in [4.69, 9.17) is 0 Å². The molecule has 1 aliphatic heterocycles. The van der Waals surface area contributed by atoms with Crippen LogP contribution in [0.25, 0.3) is 0 Å². The number of nitrogens with one attached hydrogen (secondary N) is 1. The Kier molecular flexibility index (Phi) is 3.79. The molecule has 0 atom stereocenters. The second-order valence-corrected chi connectivity index (χ2v) is 6.17. The van der Waals surface area contributed by atoms with E-state index in [0.29, 0.717) is 0 Å². The van der Waals surface area contributed by atoms with Crippen molar-refractivity contribution in [2.45, 2.75) is 30.4 Å². The molecule has 0 amide bonds. The fraction of sp³-hybridized carbons (Fsp3) is 0.294. The molecule has 2 heteroatoms. The zero-order chi connectivity index (χ0) is 13.1. The minimum atomic E-state index is 1.05. The lowest BCUT2D eigenvalue weighted by Crippen LogP contribution is -2.11. The Morgan fingerprint density at radius 2 is 1.95 bits per heavy atom. The van der Waals surface area contributed by atoms with Crippen LogP contribution in [0.15, 0.2) is 47.4 Å². The highest BCUT2D eigenvalue weighted by molar-refractivity contribution is 7.98. The molecule has 2 aromatic carbocycles. The Bertz CT molecular complexity index is 560. The molecule has 0 spiro atoms. The third-order valence-corrected chi connectivity index (χ3v) is 4.61. The Morgan fingerprint density at radius 3 is 2.79 bits per heavy atom. The van der Waals surface area contributed by atoms with E-state index < -0.39 is 0 Å². The number of hydrogen-bond donors (Lipinski definition) is 1. The summed E-state index contributed by atoms with van der Waals surface area (Å²) in [6, 6.07) is 15.6. The first kappa shape index (κ1) is 12.6. The molecule has 1 nitrogen and oxygen atoms in total. The number of anilines is 1. The number of aryl methyl sites for hydroxylation is 2. The molecule has 0 saturated carbocycles. The summed E-state index contributed by atoms with van der Waals surface area (Å²) in [5, 5.41) is 3.46. The van der Waals surface area contributed by atoms with E-state index in [1.807, 2.05) is 11.8 Å². The van der Waals surface area contributed by atoms with Crippen LogP contribution in [-0.4, -0.2) is 6.54 Å². The van der Waals surface area contributed by atoms with Crippen LogP contribution >= 0.6 is 11.8 Å². The maximum absolute atomic E-state index is 3.46. The number of benzene rings is 2. The predicted octanol–water partition coefficient (Wildman–Crippen LogP) is 4.65. The largest absolute Gasteiger partial charge is 0.385 e. The summed E-state index contributed by atoms with van der Waals surface area (Å²) in [5.74, 6) is 1.05. The van der Waals surface area contributed by atoms with Crippen LogP contribution in [0.5, 0.6) is 0 Å². The molecule has 0 fully saturated rings. The van der Waals surface area contributed by atoms with Gasteiger partial charge in [-0.3, -0.25) is 0 Å². The smallest absolute Gasteiger partial charge is 0.0373 e. The quantitative estimate of drug-likeness (QED) is 0.814. The zero-order valence-electron chi connectivity index (χ0n) is 11.3. The molecule has 1 heterocycles. The van der Waals surface area contributed by atoms with Gasteiger partial charge in [-0.05, 0) is 49.1 Å². The summed E-state index contributed by atoms with van der Waals surface area (Å²) in [7, 11) is 0. The van der Waals surface area contributed by atoms with Gasteiger partial charge in [0, 0.05) is 22.9 Å². The second-order valence-electron chi connectivity index (χ2n) is 5.12. The Morgan fingerprint density at radius 1 is 1.11 bits per heavy atom. The summed E-state index contributed by atoms with van der Waals surface area (Å²) in [6.07, 6.45) is 2.46. The second kappa shape index (κ2) is 5.70. The summed E-state index contributed by atoms with van der Waals surface area (Å²) in [6.45, 7) is 3.25. The summed E-state index contributed by atoms with van der Waals surface area (Å²) in [5.41, 5.74) is 5.52. The highest BCUT2D eigenvalue weighted by Gasteiger charge is 2.08. The first-order chi connectivity index (χ1) is 9.31. The van der Waals surface area contributed by atoms with Crippen molar-refractivity contribution in [1.82, 2.24) is 0 Å². The van der Waals surface area contributed by atoms with E-state index in [-0.39, 0.29) is 0 Å². The van der Waals surface area contributed by atoms with Gasteiger partial charge in [0.1, 0.15) is 0 Å². The maximum atomic E-state index is 3.46. The average Bonchev–Trinajstić information content (AvgIpc) is 2.46. The average molecular weight is 269 g/mol. The van der Waals surface area contributed by atoms with Crippen molar-refractivity contribution in [1.29, 1.82) is 0 Å². The van der Waals surface area contributed by atoms with Crippen molar-refractivity contribution in [3.8, 4) is 0 Å². The van der Waals surface area contributed by atoms with Crippen molar-refractivity contribution < 1.29 is 0 Å². The molecule has 0 aromatic heterocycles. The molecule has 0 aliphatic carbocycles. The van der Waals surface area contributed by atoms with Gasteiger partial charge in [-0.2, -0.15) is 0 Å². The van der Waals surface area contributed by atoms with Gasteiger partial charge in [-0.1, -0.05) is 29.8 Å². The lowest BCUT2D eigenvalue weighted by atomic mass is 10.0. The number of hydrogen-bond acceptors (Lipinski definition) is 2. The van der Waals surface area contributed by atoms with Crippen molar-refractivity contribution in [3.63, 3.8) is 0 Å². The summed E-state index contributed by atoms with van der Waals surface area (Å²) in [4.78, 5) is 1.38. The van der Waals surface area contributed by atoms with Crippen LogP contribution in [0, 0.1) is 6.92 Å². The van der Waals surface area contributed by atoms with Crippen LogP contribution in [0.1, 0.15) is 23.1 Å². The van der Waals surface area contributed by atoms with Gasteiger partial charge < -0.3 is 5.32 Å². The monoisotopic (exact) mass is 269 g/mol. The van der Waals surface area contributed by atoms with E-state index in [9.17, 15) is 0 Å². The molecule has 2 aromatic rings. The van der Waals surface area contributed by atoms with Gasteiger partial charge in [-0.15, -0.1) is 11.8 Å².